The highest BCUT2D eigenvalue weighted by Gasteiger charge is 2.56. The van der Waals surface area contributed by atoms with Gasteiger partial charge in [0.1, 0.15) is 0 Å². The lowest BCUT2D eigenvalue weighted by molar-refractivity contribution is -0.149. The minimum atomic E-state index is -0.752. The van der Waals surface area contributed by atoms with Gasteiger partial charge in [-0.2, -0.15) is 5.10 Å². The van der Waals surface area contributed by atoms with Crippen LogP contribution >= 0.6 is 0 Å². The second kappa shape index (κ2) is 5.11. The van der Waals surface area contributed by atoms with Gasteiger partial charge in [0, 0.05) is 18.8 Å². The first-order valence-corrected chi connectivity index (χ1v) is 7.94. The highest BCUT2D eigenvalue weighted by molar-refractivity contribution is 5.97. The fourth-order valence-corrected chi connectivity index (χ4v) is 4.09. The van der Waals surface area contributed by atoms with Crippen LogP contribution in [0.2, 0.25) is 0 Å². The molecule has 1 saturated heterocycles. The van der Waals surface area contributed by atoms with Gasteiger partial charge in [0.15, 0.2) is 0 Å². The number of amides is 1. The number of H-pyrrole nitrogens is 1. The summed E-state index contributed by atoms with van der Waals surface area (Å²) in [5.74, 6) is -0.591. The maximum atomic E-state index is 12.9. The Balaban J connectivity index is 1.89. The van der Waals surface area contributed by atoms with Gasteiger partial charge in [-0.05, 0) is 31.6 Å². The standard InChI is InChI=1S/C16H23N3O3/c1-9(2)13-12(10(3)17-18-13)14(20)19-7-11-5-4-6-16(11,8-19)15(21)22/h9,11H,4-8H2,1-3H3,(H,17,18)(H,21,22)/t11-,16+/m0/s1. The summed E-state index contributed by atoms with van der Waals surface area (Å²) < 4.78 is 0. The van der Waals surface area contributed by atoms with E-state index in [0.29, 0.717) is 25.1 Å². The number of carbonyl (C=O) groups is 2. The zero-order valence-corrected chi connectivity index (χ0v) is 13.3. The number of aromatic nitrogens is 2. The predicted molar refractivity (Wildman–Crippen MR) is 80.7 cm³/mol. The van der Waals surface area contributed by atoms with E-state index in [1.54, 1.807) is 4.90 Å². The Morgan fingerprint density at radius 3 is 2.77 bits per heavy atom. The third-order valence-corrected chi connectivity index (χ3v) is 5.32. The van der Waals surface area contributed by atoms with Gasteiger partial charge in [-0.3, -0.25) is 14.7 Å². The van der Waals surface area contributed by atoms with E-state index < -0.39 is 11.4 Å². The van der Waals surface area contributed by atoms with Crippen LogP contribution in [0.25, 0.3) is 0 Å². The van der Waals surface area contributed by atoms with Gasteiger partial charge in [0.05, 0.1) is 16.7 Å². The van der Waals surface area contributed by atoms with Crippen LogP contribution in [0.4, 0.5) is 0 Å². The third kappa shape index (κ3) is 2.04. The quantitative estimate of drug-likeness (QED) is 0.896. The normalized spacial score (nSPS) is 27.5. The molecule has 0 bridgehead atoms. The molecule has 1 aliphatic heterocycles. The Hall–Kier alpha value is -1.85. The lowest BCUT2D eigenvalue weighted by atomic mass is 9.81. The molecule has 0 radical (unpaired) electrons. The first kappa shape index (κ1) is 15.1. The number of aromatic amines is 1. The van der Waals surface area contributed by atoms with E-state index in [0.717, 1.165) is 24.2 Å². The number of nitrogens with zero attached hydrogens (tertiary/aromatic N) is 2. The molecule has 1 aliphatic carbocycles. The predicted octanol–water partition coefficient (Wildman–Crippen LogP) is 2.17. The van der Waals surface area contributed by atoms with Crippen molar-refractivity contribution in [1.29, 1.82) is 0 Å². The first-order chi connectivity index (χ1) is 10.4. The largest absolute Gasteiger partial charge is 0.481 e. The molecular formula is C16H23N3O3. The number of hydrogen-bond donors (Lipinski definition) is 2. The molecule has 2 heterocycles. The average molecular weight is 305 g/mol. The summed E-state index contributed by atoms with van der Waals surface area (Å²) in [4.78, 5) is 26.4. The summed E-state index contributed by atoms with van der Waals surface area (Å²) in [7, 11) is 0. The van der Waals surface area contributed by atoms with E-state index in [-0.39, 0.29) is 17.7 Å². The Labute approximate surface area is 129 Å². The Morgan fingerprint density at radius 1 is 1.45 bits per heavy atom. The fourth-order valence-electron chi connectivity index (χ4n) is 4.09. The molecule has 6 nitrogen and oxygen atoms in total. The van der Waals surface area contributed by atoms with E-state index >= 15 is 0 Å². The number of nitrogens with one attached hydrogen (secondary N) is 1. The maximum Gasteiger partial charge on any atom is 0.311 e. The number of aryl methyl sites for hydroxylation is 1. The van der Waals surface area contributed by atoms with E-state index in [9.17, 15) is 14.7 Å². The Morgan fingerprint density at radius 2 is 2.18 bits per heavy atom. The molecule has 1 aromatic heterocycles. The summed E-state index contributed by atoms with van der Waals surface area (Å²) in [6.45, 7) is 6.73. The number of rotatable bonds is 3. The van der Waals surface area contributed by atoms with Crippen molar-refractivity contribution < 1.29 is 14.7 Å². The number of carboxylic acid groups (broad SMARTS) is 1. The summed E-state index contributed by atoms with van der Waals surface area (Å²) in [5.41, 5.74) is 1.42. The summed E-state index contributed by atoms with van der Waals surface area (Å²) in [6.07, 6.45) is 2.52. The van der Waals surface area contributed by atoms with E-state index in [1.165, 1.54) is 0 Å². The molecule has 2 N–H and O–H groups in total. The van der Waals surface area contributed by atoms with Crippen molar-refractivity contribution in [1.82, 2.24) is 15.1 Å². The van der Waals surface area contributed by atoms with Gasteiger partial charge in [0.2, 0.25) is 0 Å². The van der Waals surface area contributed by atoms with Crippen LogP contribution in [0.3, 0.4) is 0 Å². The van der Waals surface area contributed by atoms with Gasteiger partial charge >= 0.3 is 5.97 Å². The topological polar surface area (TPSA) is 86.3 Å². The monoisotopic (exact) mass is 305 g/mol. The SMILES string of the molecule is Cc1[nH]nc(C(C)C)c1C(=O)N1C[C@@H]2CCC[C@@]2(C(=O)O)C1. The van der Waals surface area contributed by atoms with Gasteiger partial charge in [-0.15, -0.1) is 0 Å². The van der Waals surface area contributed by atoms with E-state index in [1.807, 2.05) is 20.8 Å². The van der Waals surface area contributed by atoms with Gasteiger partial charge < -0.3 is 10.0 Å². The molecule has 1 amide bonds. The molecule has 2 atom stereocenters. The Bertz CT molecular complexity index is 622. The number of fused-ring (bicyclic) bond motifs is 1. The maximum absolute atomic E-state index is 12.9. The van der Waals surface area contributed by atoms with E-state index in [2.05, 4.69) is 10.2 Å². The number of aliphatic carboxylic acids is 1. The lowest BCUT2D eigenvalue weighted by Gasteiger charge is -2.23. The average Bonchev–Trinajstić information content (AvgIpc) is 3.08. The van der Waals surface area contributed by atoms with Crippen LogP contribution < -0.4 is 0 Å². The molecule has 22 heavy (non-hydrogen) atoms. The van der Waals surface area contributed by atoms with Gasteiger partial charge in [-0.1, -0.05) is 20.3 Å². The molecular weight excluding hydrogens is 282 g/mol. The number of carbonyl (C=O) groups excluding carboxylic acids is 1. The van der Waals surface area contributed by atoms with Crippen molar-refractivity contribution in [2.75, 3.05) is 13.1 Å². The molecule has 6 heteroatoms. The highest BCUT2D eigenvalue weighted by atomic mass is 16.4. The molecule has 1 aromatic rings. The van der Waals surface area contributed by atoms with Crippen molar-refractivity contribution >= 4 is 11.9 Å². The van der Waals surface area contributed by atoms with Crippen molar-refractivity contribution in [2.24, 2.45) is 11.3 Å². The third-order valence-electron chi connectivity index (χ3n) is 5.32. The fraction of sp³-hybridized carbons (Fsp3) is 0.688. The summed E-state index contributed by atoms with van der Waals surface area (Å²) in [6, 6.07) is 0. The molecule has 0 unspecified atom stereocenters. The molecule has 0 aromatic carbocycles. The second-order valence-corrected chi connectivity index (χ2v) is 7.00. The van der Waals surface area contributed by atoms with Crippen LogP contribution in [0.1, 0.15) is 60.8 Å². The van der Waals surface area contributed by atoms with Crippen molar-refractivity contribution in [3.63, 3.8) is 0 Å². The molecule has 120 valence electrons. The lowest BCUT2D eigenvalue weighted by Crippen LogP contribution is -2.37. The first-order valence-electron chi connectivity index (χ1n) is 7.94. The molecule has 0 spiro atoms. The smallest absolute Gasteiger partial charge is 0.311 e. The number of carboxylic acids is 1. The molecule has 3 rings (SSSR count). The van der Waals surface area contributed by atoms with Crippen molar-refractivity contribution in [2.45, 2.75) is 46.0 Å². The number of likely N-dealkylation sites (tertiary alicyclic amines) is 1. The van der Waals surface area contributed by atoms with Crippen LogP contribution in [0.15, 0.2) is 0 Å². The minimum absolute atomic E-state index is 0.0787. The van der Waals surface area contributed by atoms with Crippen LogP contribution in [0.5, 0.6) is 0 Å². The zero-order valence-electron chi connectivity index (χ0n) is 13.3. The number of hydrogen-bond acceptors (Lipinski definition) is 3. The molecule has 2 aliphatic rings. The molecule has 1 saturated carbocycles. The van der Waals surface area contributed by atoms with Gasteiger partial charge in [0.25, 0.3) is 5.91 Å². The van der Waals surface area contributed by atoms with Crippen molar-refractivity contribution in [3.8, 4) is 0 Å². The minimum Gasteiger partial charge on any atom is -0.481 e. The molecule has 2 fully saturated rings. The Kier molecular flexibility index (Phi) is 3.50. The van der Waals surface area contributed by atoms with Crippen molar-refractivity contribution in [3.05, 3.63) is 17.0 Å². The zero-order chi connectivity index (χ0) is 16.1. The summed E-state index contributed by atoms with van der Waals surface area (Å²) >= 11 is 0. The highest BCUT2D eigenvalue weighted by Crippen LogP contribution is 2.49. The van der Waals surface area contributed by atoms with E-state index in [4.69, 9.17) is 0 Å². The van der Waals surface area contributed by atoms with Crippen LogP contribution in [-0.2, 0) is 4.79 Å². The van der Waals surface area contributed by atoms with Crippen LogP contribution in [0, 0.1) is 18.3 Å². The van der Waals surface area contributed by atoms with Gasteiger partial charge in [-0.25, -0.2) is 0 Å². The second-order valence-electron chi connectivity index (χ2n) is 7.00. The summed E-state index contributed by atoms with van der Waals surface area (Å²) in [5, 5.41) is 16.8. The van der Waals surface area contributed by atoms with Crippen LogP contribution in [-0.4, -0.2) is 45.2 Å².